The lowest BCUT2D eigenvalue weighted by Crippen LogP contribution is -2.31. The highest BCUT2D eigenvalue weighted by atomic mass is 16.2. The Labute approximate surface area is 86.9 Å². The first-order valence-electron chi connectivity index (χ1n) is 4.53. The molecule has 0 unspecified atom stereocenters. The van der Waals surface area contributed by atoms with Crippen LogP contribution in [0.25, 0.3) is 0 Å². The Bertz CT molecular complexity index is 442. The second-order valence-corrected chi connectivity index (χ2v) is 3.51. The van der Waals surface area contributed by atoms with Gasteiger partial charge in [-0.25, -0.2) is 0 Å². The second kappa shape index (κ2) is 3.27. The van der Waals surface area contributed by atoms with E-state index in [-0.39, 0.29) is 18.4 Å². The van der Waals surface area contributed by atoms with E-state index in [0.29, 0.717) is 16.9 Å². The van der Waals surface area contributed by atoms with E-state index in [1.165, 1.54) is 4.90 Å². The number of carbonyl (C=O) groups is 2. The lowest BCUT2D eigenvalue weighted by atomic mass is 10.1. The molecule has 0 saturated heterocycles. The summed E-state index contributed by atoms with van der Waals surface area (Å²) in [6, 6.07) is 4.85. The number of rotatable bonds is 0. The number of nitrogens with zero attached hydrogens (tertiary/aromatic N) is 1. The molecule has 0 aromatic heterocycles. The molecule has 78 valence electrons. The summed E-state index contributed by atoms with van der Waals surface area (Å²) in [5.74, 6) is -0.390. The van der Waals surface area contributed by atoms with E-state index in [1.807, 2.05) is 0 Å². The Morgan fingerprint density at radius 2 is 2.13 bits per heavy atom. The third-order valence-electron chi connectivity index (χ3n) is 2.28. The van der Waals surface area contributed by atoms with Gasteiger partial charge in [0.15, 0.2) is 0 Å². The third-order valence-corrected chi connectivity index (χ3v) is 2.28. The maximum Gasteiger partial charge on any atom is 0.256 e. The highest BCUT2D eigenvalue weighted by Gasteiger charge is 2.23. The van der Waals surface area contributed by atoms with Crippen LogP contribution in [0.3, 0.4) is 0 Å². The fourth-order valence-corrected chi connectivity index (χ4v) is 1.53. The number of hydrogen-bond acceptors (Lipinski definition) is 3. The molecular weight excluding hydrogens is 194 g/mol. The first kappa shape index (κ1) is 9.51. The summed E-state index contributed by atoms with van der Waals surface area (Å²) in [7, 11) is 1.59. The van der Waals surface area contributed by atoms with E-state index < -0.39 is 0 Å². The lowest BCUT2D eigenvalue weighted by Gasteiger charge is -2.12. The molecule has 0 aliphatic carbocycles. The summed E-state index contributed by atoms with van der Waals surface area (Å²) in [6.45, 7) is 0.0629. The molecule has 1 aromatic rings. The van der Waals surface area contributed by atoms with Crippen molar-refractivity contribution >= 4 is 23.2 Å². The van der Waals surface area contributed by atoms with Crippen molar-refractivity contribution in [1.29, 1.82) is 0 Å². The molecule has 2 amide bonds. The van der Waals surface area contributed by atoms with E-state index in [4.69, 9.17) is 5.73 Å². The minimum Gasteiger partial charge on any atom is -0.399 e. The zero-order chi connectivity index (χ0) is 11.0. The first-order valence-corrected chi connectivity index (χ1v) is 4.53. The molecule has 1 heterocycles. The van der Waals surface area contributed by atoms with E-state index in [2.05, 4.69) is 5.32 Å². The number of hydrogen-bond donors (Lipinski definition) is 2. The zero-order valence-corrected chi connectivity index (χ0v) is 8.28. The Morgan fingerprint density at radius 1 is 1.40 bits per heavy atom. The van der Waals surface area contributed by atoms with E-state index in [0.717, 1.165) is 0 Å². The second-order valence-electron chi connectivity index (χ2n) is 3.51. The van der Waals surface area contributed by atoms with Crippen LogP contribution in [0.15, 0.2) is 18.2 Å². The molecule has 1 aromatic carbocycles. The number of nitrogens with two attached hydrogens (primary N) is 1. The fourth-order valence-electron chi connectivity index (χ4n) is 1.53. The van der Waals surface area contributed by atoms with Gasteiger partial charge in [-0.2, -0.15) is 0 Å². The van der Waals surface area contributed by atoms with Crippen LogP contribution in [0.4, 0.5) is 11.4 Å². The first-order chi connectivity index (χ1) is 7.08. The molecule has 1 aliphatic heterocycles. The molecule has 0 atom stereocenters. The molecule has 15 heavy (non-hydrogen) atoms. The average molecular weight is 205 g/mol. The summed E-state index contributed by atoms with van der Waals surface area (Å²) >= 11 is 0. The van der Waals surface area contributed by atoms with Gasteiger partial charge < -0.3 is 16.0 Å². The highest BCUT2D eigenvalue weighted by Crippen LogP contribution is 2.22. The molecule has 0 bridgehead atoms. The van der Waals surface area contributed by atoms with E-state index >= 15 is 0 Å². The molecule has 0 saturated carbocycles. The quantitative estimate of drug-likeness (QED) is 0.598. The van der Waals surface area contributed by atoms with Crippen molar-refractivity contribution in [1.82, 2.24) is 4.90 Å². The Balaban J connectivity index is 2.54. The summed E-state index contributed by atoms with van der Waals surface area (Å²) in [4.78, 5) is 24.5. The van der Waals surface area contributed by atoms with Crippen LogP contribution in [0.1, 0.15) is 10.4 Å². The van der Waals surface area contributed by atoms with Gasteiger partial charge in [-0.1, -0.05) is 0 Å². The lowest BCUT2D eigenvalue weighted by molar-refractivity contribution is -0.116. The number of fused-ring (bicyclic) bond motifs is 1. The van der Waals surface area contributed by atoms with Crippen LogP contribution in [0, 0.1) is 0 Å². The number of nitrogen functional groups attached to an aromatic ring is 1. The van der Waals surface area contributed by atoms with Gasteiger partial charge in [0.2, 0.25) is 5.91 Å². The molecule has 5 nitrogen and oxygen atoms in total. The van der Waals surface area contributed by atoms with Gasteiger partial charge in [-0.05, 0) is 18.2 Å². The van der Waals surface area contributed by atoms with Gasteiger partial charge >= 0.3 is 0 Å². The van der Waals surface area contributed by atoms with Crippen molar-refractivity contribution in [3.8, 4) is 0 Å². The van der Waals surface area contributed by atoms with E-state index in [9.17, 15) is 9.59 Å². The molecule has 0 fully saturated rings. The predicted octanol–water partition coefficient (Wildman–Crippen LogP) is 0.293. The molecule has 3 N–H and O–H groups in total. The van der Waals surface area contributed by atoms with Crippen LogP contribution in [0.5, 0.6) is 0 Å². The molecule has 2 rings (SSSR count). The maximum absolute atomic E-state index is 11.8. The van der Waals surface area contributed by atoms with Crippen molar-refractivity contribution in [3.63, 3.8) is 0 Å². The van der Waals surface area contributed by atoms with Crippen LogP contribution in [0.2, 0.25) is 0 Å². The normalized spacial score (nSPS) is 15.7. The smallest absolute Gasteiger partial charge is 0.256 e. The zero-order valence-electron chi connectivity index (χ0n) is 8.28. The number of anilines is 2. The minimum absolute atomic E-state index is 0.0629. The van der Waals surface area contributed by atoms with Gasteiger partial charge in [-0.3, -0.25) is 9.59 Å². The number of amides is 2. The summed E-state index contributed by atoms with van der Waals surface area (Å²) in [6.07, 6.45) is 0. The number of nitrogens with one attached hydrogen (secondary N) is 1. The van der Waals surface area contributed by atoms with Crippen molar-refractivity contribution in [2.75, 3.05) is 24.6 Å². The Morgan fingerprint density at radius 3 is 2.87 bits per heavy atom. The van der Waals surface area contributed by atoms with Crippen molar-refractivity contribution in [2.45, 2.75) is 0 Å². The molecule has 1 aliphatic rings. The summed E-state index contributed by atoms with van der Waals surface area (Å²) < 4.78 is 0. The standard InChI is InChI=1S/C10H11N3O2/c1-13-5-9(14)12-8-4-6(11)2-3-7(8)10(13)15/h2-4H,5,11H2,1H3,(H,12,14). The molecule has 5 heteroatoms. The predicted molar refractivity (Wildman–Crippen MR) is 56.4 cm³/mol. The summed E-state index contributed by atoms with van der Waals surface area (Å²) in [5.41, 5.74) is 7.05. The van der Waals surface area contributed by atoms with Crippen LogP contribution < -0.4 is 11.1 Å². The third kappa shape index (κ3) is 1.63. The van der Waals surface area contributed by atoms with Crippen LogP contribution >= 0.6 is 0 Å². The van der Waals surface area contributed by atoms with Crippen LogP contribution in [-0.4, -0.2) is 30.3 Å². The van der Waals surface area contributed by atoms with Gasteiger partial charge in [0, 0.05) is 12.7 Å². The minimum atomic E-state index is -0.213. The fraction of sp³-hybridized carbons (Fsp3) is 0.200. The molecule has 0 spiro atoms. The monoisotopic (exact) mass is 205 g/mol. The average Bonchev–Trinajstić information content (AvgIpc) is 2.25. The molecule has 0 radical (unpaired) electrons. The Hall–Kier alpha value is -2.04. The van der Waals surface area contributed by atoms with Gasteiger partial charge in [0.25, 0.3) is 5.91 Å². The molecular formula is C10H11N3O2. The van der Waals surface area contributed by atoms with Crippen molar-refractivity contribution < 1.29 is 9.59 Å². The van der Waals surface area contributed by atoms with Crippen molar-refractivity contribution in [2.24, 2.45) is 0 Å². The van der Waals surface area contributed by atoms with Gasteiger partial charge in [0.05, 0.1) is 17.8 Å². The number of likely N-dealkylation sites (N-methyl/N-ethyl adjacent to an activating group) is 1. The topological polar surface area (TPSA) is 75.4 Å². The largest absolute Gasteiger partial charge is 0.399 e. The number of benzene rings is 1. The highest BCUT2D eigenvalue weighted by molar-refractivity contribution is 6.08. The number of carbonyl (C=O) groups excluding carboxylic acids is 2. The van der Waals surface area contributed by atoms with Gasteiger partial charge in [0.1, 0.15) is 0 Å². The van der Waals surface area contributed by atoms with Gasteiger partial charge in [-0.15, -0.1) is 0 Å². The SMILES string of the molecule is CN1CC(=O)Nc2cc(N)ccc2C1=O. The Kier molecular flexibility index (Phi) is 2.07. The maximum atomic E-state index is 11.8. The van der Waals surface area contributed by atoms with Crippen LogP contribution in [-0.2, 0) is 4.79 Å². The van der Waals surface area contributed by atoms with E-state index in [1.54, 1.807) is 25.2 Å². The summed E-state index contributed by atoms with van der Waals surface area (Å²) in [5, 5.41) is 2.64. The van der Waals surface area contributed by atoms with Crippen molar-refractivity contribution in [3.05, 3.63) is 23.8 Å².